The molecule has 7 nitrogen and oxygen atoms in total. The van der Waals surface area contributed by atoms with E-state index in [9.17, 15) is 25.5 Å². The Balaban J connectivity index is 0.00000196. The molecule has 0 unspecified atom stereocenters. The van der Waals surface area contributed by atoms with E-state index in [1.165, 1.54) is 0 Å². The Kier molecular flexibility index (Phi) is 6.16. The Hall–Kier alpha value is 0.720. The SMILES string of the molecule is [Na+].[O-]C[C@@]1(O)O[C@H](CO)[C@@H](O)[C@H](O)[C@H]1O. The van der Waals surface area contributed by atoms with Crippen LogP contribution < -0.4 is 34.7 Å². The Bertz CT molecular complexity index is 202. The van der Waals surface area contributed by atoms with Crippen molar-refractivity contribution in [3.8, 4) is 0 Å². The van der Waals surface area contributed by atoms with Crippen molar-refractivity contribution in [3.63, 3.8) is 0 Å². The van der Waals surface area contributed by atoms with Crippen LogP contribution in [-0.2, 0) is 4.74 Å². The van der Waals surface area contributed by atoms with Crippen molar-refractivity contribution in [1.29, 1.82) is 0 Å². The van der Waals surface area contributed by atoms with Crippen molar-refractivity contribution in [2.75, 3.05) is 13.2 Å². The first-order chi connectivity index (χ1) is 6.46. The average Bonchev–Trinajstić information content (AvgIpc) is 2.20. The molecular weight excluding hydrogens is 219 g/mol. The molecule has 0 aromatic heterocycles. The van der Waals surface area contributed by atoms with Crippen LogP contribution in [0.1, 0.15) is 0 Å². The van der Waals surface area contributed by atoms with Gasteiger partial charge in [-0.1, -0.05) is 6.61 Å². The largest absolute Gasteiger partial charge is 1.00 e. The van der Waals surface area contributed by atoms with Gasteiger partial charge in [0, 0.05) is 0 Å². The van der Waals surface area contributed by atoms with E-state index in [0.717, 1.165) is 0 Å². The first-order valence-corrected chi connectivity index (χ1v) is 4.09. The molecule has 0 aromatic rings. The monoisotopic (exact) mass is 232 g/mol. The minimum atomic E-state index is -2.47. The van der Waals surface area contributed by atoms with E-state index in [2.05, 4.69) is 4.74 Å². The Morgan fingerprint density at radius 3 is 2.13 bits per heavy atom. The van der Waals surface area contributed by atoms with Crippen LogP contribution in [0.15, 0.2) is 0 Å². The number of rotatable bonds is 2. The van der Waals surface area contributed by atoms with Gasteiger partial charge in [-0.15, -0.1) is 0 Å². The number of hydrogen-bond donors (Lipinski definition) is 5. The fraction of sp³-hybridized carbons (Fsp3) is 1.00. The summed E-state index contributed by atoms with van der Waals surface area (Å²) >= 11 is 0. The Morgan fingerprint density at radius 1 is 1.20 bits per heavy atom. The van der Waals surface area contributed by atoms with Crippen molar-refractivity contribution >= 4 is 0 Å². The van der Waals surface area contributed by atoms with Crippen LogP contribution in [0.5, 0.6) is 0 Å². The van der Waals surface area contributed by atoms with Gasteiger partial charge in [-0.05, 0) is 0 Å². The number of hydrogen-bond acceptors (Lipinski definition) is 7. The van der Waals surface area contributed by atoms with Gasteiger partial charge in [0.1, 0.15) is 24.4 Å². The molecule has 1 aliphatic heterocycles. The van der Waals surface area contributed by atoms with Gasteiger partial charge in [-0.25, -0.2) is 0 Å². The summed E-state index contributed by atoms with van der Waals surface area (Å²) in [5.74, 6) is -2.47. The fourth-order valence-electron chi connectivity index (χ4n) is 1.34. The zero-order chi connectivity index (χ0) is 10.9. The summed E-state index contributed by atoms with van der Waals surface area (Å²) in [7, 11) is 0. The normalized spacial score (nSPS) is 46.0. The van der Waals surface area contributed by atoms with Crippen LogP contribution >= 0.6 is 0 Å². The maximum atomic E-state index is 10.5. The summed E-state index contributed by atoms with van der Waals surface area (Å²) in [6.45, 7) is -1.87. The molecule has 5 atom stereocenters. The van der Waals surface area contributed by atoms with E-state index in [1.807, 2.05) is 0 Å². The molecule has 0 saturated carbocycles. The van der Waals surface area contributed by atoms with E-state index >= 15 is 0 Å². The smallest absolute Gasteiger partial charge is 0.851 e. The van der Waals surface area contributed by atoms with Crippen molar-refractivity contribution in [1.82, 2.24) is 0 Å². The molecule has 8 heteroatoms. The van der Waals surface area contributed by atoms with Crippen LogP contribution in [0.4, 0.5) is 0 Å². The topological polar surface area (TPSA) is 133 Å². The molecule has 1 fully saturated rings. The van der Waals surface area contributed by atoms with Crippen LogP contribution in [-0.4, -0.2) is 68.9 Å². The zero-order valence-electron chi connectivity index (χ0n) is 8.28. The van der Waals surface area contributed by atoms with Gasteiger partial charge in [0.2, 0.25) is 0 Å². The molecule has 0 radical (unpaired) electrons. The van der Waals surface area contributed by atoms with Gasteiger partial charge in [-0.2, -0.15) is 0 Å². The summed E-state index contributed by atoms with van der Waals surface area (Å²) in [4.78, 5) is 0. The van der Waals surface area contributed by atoms with Crippen molar-refractivity contribution in [3.05, 3.63) is 0 Å². The predicted molar refractivity (Wildman–Crippen MR) is 39.8 cm³/mol. The van der Waals surface area contributed by atoms with Gasteiger partial charge < -0.3 is 35.4 Å². The minimum absolute atomic E-state index is 0. The third kappa shape index (κ3) is 2.89. The minimum Gasteiger partial charge on any atom is -0.851 e. The molecule has 1 aliphatic rings. The maximum absolute atomic E-state index is 10.5. The van der Waals surface area contributed by atoms with Crippen LogP contribution in [0, 0.1) is 0 Å². The average molecular weight is 232 g/mol. The predicted octanol–water partition coefficient (Wildman–Crippen LogP) is -7.49. The van der Waals surface area contributed by atoms with Gasteiger partial charge in [0.15, 0.2) is 5.79 Å². The first-order valence-electron chi connectivity index (χ1n) is 4.09. The third-order valence-corrected chi connectivity index (χ3v) is 2.26. The molecule has 0 bridgehead atoms. The molecule has 0 amide bonds. The van der Waals surface area contributed by atoms with Crippen LogP contribution in [0.25, 0.3) is 0 Å². The van der Waals surface area contributed by atoms with Crippen molar-refractivity contribution in [2.24, 2.45) is 0 Å². The van der Waals surface area contributed by atoms with E-state index in [0.29, 0.717) is 0 Å². The van der Waals surface area contributed by atoms with Gasteiger partial charge >= 0.3 is 29.6 Å². The molecule has 0 spiro atoms. The molecule has 1 saturated heterocycles. The molecule has 1 rings (SSSR count). The van der Waals surface area contributed by atoms with Gasteiger partial charge in [0.05, 0.1) is 6.61 Å². The zero-order valence-corrected chi connectivity index (χ0v) is 10.3. The molecule has 5 N–H and O–H groups in total. The molecule has 0 aliphatic carbocycles. The second kappa shape index (κ2) is 5.87. The Labute approximate surface area is 108 Å². The number of aliphatic hydroxyl groups excluding tert-OH is 4. The maximum Gasteiger partial charge on any atom is 1.00 e. The van der Waals surface area contributed by atoms with E-state index in [1.54, 1.807) is 0 Å². The first kappa shape index (κ1) is 15.7. The number of ether oxygens (including phenoxy) is 1. The molecule has 15 heavy (non-hydrogen) atoms. The second-order valence-corrected chi connectivity index (χ2v) is 3.25. The van der Waals surface area contributed by atoms with Crippen molar-refractivity contribution in [2.45, 2.75) is 30.2 Å². The van der Waals surface area contributed by atoms with E-state index in [4.69, 9.17) is 5.11 Å². The third-order valence-electron chi connectivity index (χ3n) is 2.26. The summed E-state index contributed by atoms with van der Waals surface area (Å²) in [5, 5.41) is 56.3. The Morgan fingerprint density at radius 2 is 1.73 bits per heavy atom. The van der Waals surface area contributed by atoms with E-state index in [-0.39, 0.29) is 29.6 Å². The number of aliphatic hydroxyl groups is 5. The van der Waals surface area contributed by atoms with E-state index < -0.39 is 43.4 Å². The van der Waals surface area contributed by atoms with Gasteiger partial charge in [-0.3, -0.25) is 0 Å². The summed E-state index contributed by atoms with van der Waals surface area (Å²) < 4.78 is 4.60. The van der Waals surface area contributed by atoms with Crippen LogP contribution in [0.2, 0.25) is 0 Å². The summed E-state index contributed by atoms with van der Waals surface area (Å²) in [6.07, 6.45) is -6.44. The van der Waals surface area contributed by atoms with Crippen molar-refractivity contribution < 1.29 is 64.9 Å². The quantitative estimate of drug-likeness (QED) is 0.298. The van der Waals surface area contributed by atoms with Gasteiger partial charge in [0.25, 0.3) is 0 Å². The molecule has 0 aromatic carbocycles. The standard InChI is InChI=1S/C7H13O7.Na/c8-1-3-4(10)5(11)6(12)7(13,2-9)14-3;/h3-6,8,10-13H,1-2H2;/q-1;+1/t3-,4-,5+,6-,7-;/m1./s1. The summed E-state index contributed by atoms with van der Waals surface area (Å²) in [5.41, 5.74) is 0. The second-order valence-electron chi connectivity index (χ2n) is 3.25. The molecule has 1 heterocycles. The molecule has 84 valence electrons. The summed E-state index contributed by atoms with van der Waals surface area (Å²) in [6, 6.07) is 0. The fourth-order valence-corrected chi connectivity index (χ4v) is 1.34. The molecular formula is C7H13NaO7. The van der Waals surface area contributed by atoms with Crippen LogP contribution in [0.3, 0.4) is 0 Å².